The molecule has 0 aliphatic rings. The molecular weight excluding hydrogens is 304 g/mol. The molecule has 2 heterocycles. The highest BCUT2D eigenvalue weighted by Gasteiger charge is 2.18. The van der Waals surface area contributed by atoms with Crippen LogP contribution >= 0.6 is 0 Å². The van der Waals surface area contributed by atoms with Crippen molar-refractivity contribution in [2.45, 2.75) is 13.1 Å². The van der Waals surface area contributed by atoms with Crippen molar-refractivity contribution in [2.75, 3.05) is 7.05 Å². The van der Waals surface area contributed by atoms with Crippen LogP contribution in [0.25, 0.3) is 0 Å². The molecule has 0 saturated heterocycles. The van der Waals surface area contributed by atoms with E-state index in [-0.39, 0.29) is 17.4 Å². The lowest BCUT2D eigenvalue weighted by Gasteiger charge is -2.18. The molecular formula is C18H18N4O2. The van der Waals surface area contributed by atoms with Gasteiger partial charge in [-0.1, -0.05) is 30.3 Å². The van der Waals surface area contributed by atoms with E-state index in [0.29, 0.717) is 13.1 Å². The van der Waals surface area contributed by atoms with Crippen LogP contribution in [-0.4, -0.2) is 37.5 Å². The van der Waals surface area contributed by atoms with Gasteiger partial charge < -0.3 is 14.6 Å². The van der Waals surface area contributed by atoms with Crippen LogP contribution in [0, 0.1) is 0 Å². The third-order valence-corrected chi connectivity index (χ3v) is 3.71. The van der Waals surface area contributed by atoms with Gasteiger partial charge in [0.1, 0.15) is 11.6 Å². The number of aromatic nitrogens is 3. The van der Waals surface area contributed by atoms with Gasteiger partial charge in [-0.05, 0) is 17.7 Å². The van der Waals surface area contributed by atoms with Gasteiger partial charge >= 0.3 is 0 Å². The standard InChI is InChI=1S/C18H18N4O2/c1-21(18(24)17-15(23)8-5-9-20-17)13-16-19-10-11-22(16)12-14-6-3-2-4-7-14/h2-11,23H,12-13H2,1H3. The molecule has 6 nitrogen and oxygen atoms in total. The molecule has 0 radical (unpaired) electrons. The summed E-state index contributed by atoms with van der Waals surface area (Å²) in [6.07, 6.45) is 5.09. The second kappa shape index (κ2) is 6.95. The molecule has 24 heavy (non-hydrogen) atoms. The number of imidazole rings is 1. The number of amides is 1. The summed E-state index contributed by atoms with van der Waals surface area (Å²) in [5.74, 6) is 0.300. The quantitative estimate of drug-likeness (QED) is 0.782. The molecule has 122 valence electrons. The van der Waals surface area contributed by atoms with Crippen LogP contribution < -0.4 is 0 Å². The Balaban J connectivity index is 1.74. The molecule has 1 N–H and O–H groups in total. The number of carbonyl (C=O) groups excluding carboxylic acids is 1. The van der Waals surface area contributed by atoms with Crippen molar-refractivity contribution in [3.63, 3.8) is 0 Å². The van der Waals surface area contributed by atoms with Crippen molar-refractivity contribution in [2.24, 2.45) is 0 Å². The Bertz CT molecular complexity index is 830. The van der Waals surface area contributed by atoms with Crippen LogP contribution in [0.5, 0.6) is 5.75 Å². The van der Waals surface area contributed by atoms with E-state index in [0.717, 1.165) is 11.4 Å². The predicted octanol–water partition coefficient (Wildman–Crippen LogP) is 2.30. The van der Waals surface area contributed by atoms with Gasteiger partial charge in [-0.3, -0.25) is 4.79 Å². The fourth-order valence-corrected chi connectivity index (χ4v) is 2.44. The SMILES string of the molecule is CN(Cc1nccn1Cc1ccccc1)C(=O)c1ncccc1O. The van der Waals surface area contributed by atoms with E-state index in [1.165, 1.54) is 17.2 Å². The number of hydrogen-bond donors (Lipinski definition) is 1. The van der Waals surface area contributed by atoms with Crippen LogP contribution in [0.1, 0.15) is 21.9 Å². The van der Waals surface area contributed by atoms with Crippen molar-refractivity contribution in [3.8, 4) is 5.75 Å². The Hall–Kier alpha value is -3.15. The van der Waals surface area contributed by atoms with Gasteiger partial charge in [-0.25, -0.2) is 9.97 Å². The van der Waals surface area contributed by atoms with Crippen LogP contribution in [0.15, 0.2) is 61.1 Å². The van der Waals surface area contributed by atoms with Gasteiger partial charge in [0, 0.05) is 32.2 Å². The number of nitrogens with zero attached hydrogens (tertiary/aromatic N) is 4. The Morgan fingerprint density at radius 1 is 1.12 bits per heavy atom. The lowest BCUT2D eigenvalue weighted by Crippen LogP contribution is -2.28. The molecule has 0 aliphatic carbocycles. The zero-order valence-corrected chi connectivity index (χ0v) is 13.3. The summed E-state index contributed by atoms with van der Waals surface area (Å²) < 4.78 is 2.00. The lowest BCUT2D eigenvalue weighted by molar-refractivity contribution is 0.0771. The average molecular weight is 322 g/mol. The highest BCUT2D eigenvalue weighted by Crippen LogP contribution is 2.16. The van der Waals surface area contributed by atoms with E-state index < -0.39 is 0 Å². The number of carbonyl (C=O) groups is 1. The Labute approximate surface area is 140 Å². The molecule has 1 amide bonds. The summed E-state index contributed by atoms with van der Waals surface area (Å²) >= 11 is 0. The van der Waals surface area contributed by atoms with Crippen molar-refractivity contribution in [1.82, 2.24) is 19.4 Å². The van der Waals surface area contributed by atoms with Crippen molar-refractivity contribution in [3.05, 3.63) is 78.1 Å². The first kappa shape index (κ1) is 15.7. The maximum atomic E-state index is 12.4. The Kier molecular flexibility index (Phi) is 4.56. The van der Waals surface area contributed by atoms with Gasteiger partial charge in [0.25, 0.3) is 5.91 Å². The smallest absolute Gasteiger partial charge is 0.276 e. The van der Waals surface area contributed by atoms with E-state index in [1.807, 2.05) is 41.1 Å². The van der Waals surface area contributed by atoms with Crippen LogP contribution in [0.2, 0.25) is 0 Å². The Morgan fingerprint density at radius 3 is 2.67 bits per heavy atom. The highest BCUT2D eigenvalue weighted by molar-refractivity contribution is 5.94. The van der Waals surface area contributed by atoms with E-state index >= 15 is 0 Å². The second-order valence-electron chi connectivity index (χ2n) is 5.49. The normalized spacial score (nSPS) is 10.5. The monoisotopic (exact) mass is 322 g/mol. The van der Waals surface area contributed by atoms with Gasteiger partial charge in [0.05, 0.1) is 6.54 Å². The summed E-state index contributed by atoms with van der Waals surface area (Å²) in [6, 6.07) is 13.1. The second-order valence-corrected chi connectivity index (χ2v) is 5.49. The first-order valence-electron chi connectivity index (χ1n) is 7.58. The number of rotatable bonds is 5. The number of aromatic hydroxyl groups is 1. The molecule has 0 atom stereocenters. The minimum absolute atomic E-state index is 0.0427. The van der Waals surface area contributed by atoms with Gasteiger partial charge in [-0.2, -0.15) is 0 Å². The van der Waals surface area contributed by atoms with Crippen LogP contribution in [0.3, 0.4) is 0 Å². The van der Waals surface area contributed by atoms with Gasteiger partial charge in [-0.15, -0.1) is 0 Å². The number of pyridine rings is 1. The molecule has 0 saturated carbocycles. The van der Waals surface area contributed by atoms with E-state index in [9.17, 15) is 9.90 Å². The van der Waals surface area contributed by atoms with Crippen LogP contribution in [-0.2, 0) is 13.1 Å². The zero-order chi connectivity index (χ0) is 16.9. The summed E-state index contributed by atoms with van der Waals surface area (Å²) in [5.41, 5.74) is 1.20. The maximum Gasteiger partial charge on any atom is 0.276 e. The molecule has 0 bridgehead atoms. The summed E-state index contributed by atoms with van der Waals surface area (Å²) in [5, 5.41) is 9.77. The lowest BCUT2D eigenvalue weighted by atomic mass is 10.2. The van der Waals surface area contributed by atoms with Gasteiger partial charge in [0.2, 0.25) is 0 Å². The zero-order valence-electron chi connectivity index (χ0n) is 13.3. The van der Waals surface area contributed by atoms with E-state index in [4.69, 9.17) is 0 Å². The minimum Gasteiger partial charge on any atom is -0.505 e. The minimum atomic E-state index is -0.345. The number of benzene rings is 1. The van der Waals surface area contributed by atoms with Gasteiger partial charge in [0.15, 0.2) is 5.69 Å². The molecule has 0 spiro atoms. The third kappa shape index (κ3) is 3.43. The molecule has 3 aromatic rings. The first-order valence-corrected chi connectivity index (χ1v) is 7.58. The molecule has 0 aliphatic heterocycles. The molecule has 1 aromatic carbocycles. The molecule has 0 unspecified atom stereocenters. The Morgan fingerprint density at radius 2 is 1.92 bits per heavy atom. The number of hydrogen-bond acceptors (Lipinski definition) is 4. The molecule has 3 rings (SSSR count). The maximum absolute atomic E-state index is 12.4. The summed E-state index contributed by atoms with van der Waals surface area (Å²) in [4.78, 5) is 22.2. The fraction of sp³-hybridized carbons (Fsp3) is 0.167. The van der Waals surface area contributed by atoms with Crippen molar-refractivity contribution < 1.29 is 9.90 Å². The van der Waals surface area contributed by atoms with E-state index in [1.54, 1.807) is 19.3 Å². The fourth-order valence-electron chi connectivity index (χ4n) is 2.44. The topological polar surface area (TPSA) is 71.2 Å². The van der Waals surface area contributed by atoms with Crippen LogP contribution in [0.4, 0.5) is 0 Å². The molecule has 0 fully saturated rings. The highest BCUT2D eigenvalue weighted by atomic mass is 16.3. The molecule has 6 heteroatoms. The van der Waals surface area contributed by atoms with Crippen molar-refractivity contribution in [1.29, 1.82) is 0 Å². The largest absolute Gasteiger partial charge is 0.505 e. The predicted molar refractivity (Wildman–Crippen MR) is 89.5 cm³/mol. The average Bonchev–Trinajstić information content (AvgIpc) is 3.02. The van der Waals surface area contributed by atoms with Crippen molar-refractivity contribution >= 4 is 5.91 Å². The first-order chi connectivity index (χ1) is 11.6. The third-order valence-electron chi connectivity index (χ3n) is 3.71. The van der Waals surface area contributed by atoms with E-state index in [2.05, 4.69) is 9.97 Å². The summed E-state index contributed by atoms with van der Waals surface area (Å²) in [6.45, 7) is 1.02. The molecule has 2 aromatic heterocycles. The summed E-state index contributed by atoms with van der Waals surface area (Å²) in [7, 11) is 1.66.